The highest BCUT2D eigenvalue weighted by Crippen LogP contribution is 2.46. The topological polar surface area (TPSA) is 77.5 Å². The first-order valence-electron chi connectivity index (χ1n) is 17.9. The largest absolute Gasteiger partial charge is 0.597 e. The van der Waals surface area contributed by atoms with Crippen LogP contribution in [0.3, 0.4) is 0 Å². The Morgan fingerprint density at radius 3 is 2.00 bits per heavy atom. The molecule has 1 aromatic heterocycles. The SMILES string of the molecule is CC(C)(C)[S+]([O-])N1Cc2cc(C(=O)NCc3ccccc3F)nc(-c3ccccc3)c2[C@H]1CCO[Si](c1ccccc1)(c1ccccc1)C(C)(C)C. The van der Waals surface area contributed by atoms with Crippen LogP contribution in [0, 0.1) is 5.82 Å². The van der Waals surface area contributed by atoms with Crippen LogP contribution >= 0.6 is 0 Å². The highest BCUT2D eigenvalue weighted by atomic mass is 32.2. The van der Waals surface area contributed by atoms with Gasteiger partial charge in [-0.3, -0.25) is 4.79 Å². The Bertz CT molecular complexity index is 1950. The van der Waals surface area contributed by atoms with Crippen molar-refractivity contribution >= 4 is 36.0 Å². The number of benzene rings is 4. The van der Waals surface area contributed by atoms with E-state index in [0.29, 0.717) is 30.8 Å². The van der Waals surface area contributed by atoms with Crippen LogP contribution in [-0.4, -0.2) is 39.4 Å². The molecular weight excluding hydrogens is 686 g/mol. The van der Waals surface area contributed by atoms with E-state index < -0.39 is 30.3 Å². The molecule has 270 valence electrons. The summed E-state index contributed by atoms with van der Waals surface area (Å²) < 4.78 is 37.6. The first kappa shape index (κ1) is 37.6. The molecular formula is C43H48FN3O3SSi. The summed E-state index contributed by atoms with van der Waals surface area (Å²) in [6.45, 7) is 13.6. The fourth-order valence-corrected chi connectivity index (χ4v) is 13.3. The Hall–Kier alpha value is -4.12. The Labute approximate surface area is 311 Å². The zero-order valence-electron chi connectivity index (χ0n) is 30.9. The van der Waals surface area contributed by atoms with Crippen LogP contribution in [0.15, 0.2) is 121 Å². The zero-order chi connectivity index (χ0) is 37.1. The van der Waals surface area contributed by atoms with Gasteiger partial charge in [0.2, 0.25) is 0 Å². The average Bonchev–Trinajstić information content (AvgIpc) is 3.50. The quantitative estimate of drug-likeness (QED) is 0.110. The molecule has 6 nitrogen and oxygen atoms in total. The molecule has 2 atom stereocenters. The molecule has 0 radical (unpaired) electrons. The lowest BCUT2D eigenvalue weighted by molar-refractivity contribution is 0.0945. The van der Waals surface area contributed by atoms with Gasteiger partial charge in [0.15, 0.2) is 0 Å². The van der Waals surface area contributed by atoms with Crippen molar-refractivity contribution in [1.82, 2.24) is 14.6 Å². The van der Waals surface area contributed by atoms with Gasteiger partial charge >= 0.3 is 0 Å². The monoisotopic (exact) mass is 733 g/mol. The standard InChI is InChI=1S/C43H48FN3O3SSi/c1-42(2,3)51(49)47-30-33-28-37(41(48)45-29-32-20-16-17-25-36(32)44)46-40(31-18-10-7-11-19-31)39(33)38(47)26-27-50-52(43(4,5)6,34-21-12-8-13-22-34)35-23-14-9-15-24-35/h7-25,28,38H,26-27,29-30H2,1-6H3,(H,45,48)/t38-,51?/m1/s1. The lowest BCUT2D eigenvalue weighted by atomic mass is 9.96. The number of pyridine rings is 1. The normalized spacial score (nSPS) is 15.7. The molecule has 0 saturated heterocycles. The summed E-state index contributed by atoms with van der Waals surface area (Å²) >= 11 is -1.38. The van der Waals surface area contributed by atoms with E-state index in [9.17, 15) is 13.7 Å². The molecule has 4 aromatic carbocycles. The fraction of sp³-hybridized carbons (Fsp3) is 0.302. The Morgan fingerprint density at radius 1 is 0.885 bits per heavy atom. The Kier molecular flexibility index (Phi) is 11.2. The molecule has 0 fully saturated rings. The van der Waals surface area contributed by atoms with Crippen molar-refractivity contribution in [3.63, 3.8) is 0 Å². The van der Waals surface area contributed by atoms with Crippen molar-refractivity contribution in [3.8, 4) is 11.3 Å². The van der Waals surface area contributed by atoms with E-state index in [1.54, 1.807) is 18.2 Å². The lowest BCUT2D eigenvalue weighted by Gasteiger charge is -2.43. The lowest BCUT2D eigenvalue weighted by Crippen LogP contribution is -2.66. The molecule has 0 saturated carbocycles. The number of rotatable bonds is 11. The number of fused-ring (bicyclic) bond motifs is 1. The smallest absolute Gasteiger partial charge is 0.270 e. The van der Waals surface area contributed by atoms with Crippen LogP contribution in [0.4, 0.5) is 4.39 Å². The molecule has 1 N–H and O–H groups in total. The van der Waals surface area contributed by atoms with Gasteiger partial charge in [0.25, 0.3) is 14.2 Å². The molecule has 52 heavy (non-hydrogen) atoms. The third-order valence-corrected chi connectivity index (χ3v) is 16.6. The number of halogens is 1. The number of nitrogens with one attached hydrogen (secondary N) is 1. The van der Waals surface area contributed by atoms with Gasteiger partial charge in [0.05, 0.1) is 18.3 Å². The molecule has 0 aliphatic carbocycles. The van der Waals surface area contributed by atoms with Crippen molar-refractivity contribution in [3.05, 3.63) is 150 Å². The van der Waals surface area contributed by atoms with Crippen LogP contribution in [0.2, 0.25) is 5.04 Å². The maximum atomic E-state index is 14.4. The molecule has 1 aliphatic rings. The minimum absolute atomic E-state index is 0.0350. The van der Waals surface area contributed by atoms with Crippen LogP contribution in [0.5, 0.6) is 0 Å². The number of hydrogen-bond donors (Lipinski definition) is 1. The van der Waals surface area contributed by atoms with E-state index in [4.69, 9.17) is 9.41 Å². The highest BCUT2D eigenvalue weighted by molar-refractivity contribution is 7.90. The summed E-state index contributed by atoms with van der Waals surface area (Å²) in [5, 5.41) is 5.07. The van der Waals surface area contributed by atoms with Crippen LogP contribution in [0.25, 0.3) is 11.3 Å². The van der Waals surface area contributed by atoms with Crippen LogP contribution < -0.4 is 15.7 Å². The predicted octanol–water partition coefficient (Wildman–Crippen LogP) is 8.10. The average molecular weight is 734 g/mol. The van der Waals surface area contributed by atoms with Crippen molar-refractivity contribution in [2.24, 2.45) is 0 Å². The number of aromatic nitrogens is 1. The third kappa shape index (κ3) is 7.65. The van der Waals surface area contributed by atoms with Crippen molar-refractivity contribution in [1.29, 1.82) is 0 Å². The van der Waals surface area contributed by atoms with E-state index in [0.717, 1.165) is 16.7 Å². The maximum Gasteiger partial charge on any atom is 0.270 e. The van der Waals surface area contributed by atoms with Crippen molar-refractivity contribution < 1.29 is 18.2 Å². The second-order valence-electron chi connectivity index (χ2n) is 15.3. The fourth-order valence-electron chi connectivity index (χ4n) is 7.27. The molecule has 9 heteroatoms. The second-order valence-corrected chi connectivity index (χ2v) is 21.8. The number of carbonyl (C=O) groups is 1. The molecule has 2 heterocycles. The van der Waals surface area contributed by atoms with Crippen LogP contribution in [0.1, 0.15) is 81.2 Å². The Morgan fingerprint density at radius 2 is 1.44 bits per heavy atom. The Balaban J connectivity index is 1.40. The minimum Gasteiger partial charge on any atom is -0.597 e. The van der Waals surface area contributed by atoms with Crippen molar-refractivity contribution in [2.45, 2.75) is 76.9 Å². The van der Waals surface area contributed by atoms with Crippen molar-refractivity contribution in [2.75, 3.05) is 6.61 Å². The molecule has 5 aromatic rings. The van der Waals surface area contributed by atoms with Crippen LogP contribution in [-0.2, 0) is 28.9 Å². The van der Waals surface area contributed by atoms with E-state index in [1.807, 2.05) is 69.3 Å². The summed E-state index contributed by atoms with van der Waals surface area (Å²) in [6, 6.07) is 38.9. The third-order valence-electron chi connectivity index (χ3n) is 9.69. The van der Waals surface area contributed by atoms with Gasteiger partial charge in [-0.15, -0.1) is 4.31 Å². The predicted molar refractivity (Wildman–Crippen MR) is 212 cm³/mol. The molecule has 1 amide bonds. The second kappa shape index (κ2) is 15.5. The van der Waals surface area contributed by atoms with Gasteiger partial charge in [-0.2, -0.15) is 0 Å². The summed E-state index contributed by atoms with van der Waals surface area (Å²) in [5.41, 5.74) is 4.04. The summed E-state index contributed by atoms with van der Waals surface area (Å²) in [5.74, 6) is -0.775. The zero-order valence-corrected chi connectivity index (χ0v) is 32.7. The van der Waals surface area contributed by atoms with Gasteiger partial charge in [0.1, 0.15) is 16.3 Å². The number of hydrogen-bond acceptors (Lipinski definition) is 5. The number of carbonyl (C=O) groups excluding carboxylic acids is 1. The first-order chi connectivity index (χ1) is 24.8. The molecule has 1 aliphatic heterocycles. The van der Waals surface area contributed by atoms with E-state index in [-0.39, 0.29) is 29.1 Å². The molecule has 0 spiro atoms. The van der Waals surface area contributed by atoms with E-state index in [2.05, 4.69) is 78.9 Å². The van der Waals surface area contributed by atoms with Gasteiger partial charge in [-0.05, 0) is 60.3 Å². The summed E-state index contributed by atoms with van der Waals surface area (Å²) in [4.78, 5) is 18.6. The molecule has 1 unspecified atom stereocenters. The summed E-state index contributed by atoms with van der Waals surface area (Å²) in [7, 11) is -2.83. The van der Waals surface area contributed by atoms with E-state index in [1.165, 1.54) is 16.4 Å². The first-order valence-corrected chi connectivity index (χ1v) is 20.9. The number of amides is 1. The minimum atomic E-state index is -2.83. The number of nitrogens with zero attached hydrogens (tertiary/aromatic N) is 2. The molecule has 6 rings (SSSR count). The summed E-state index contributed by atoms with van der Waals surface area (Å²) in [6.07, 6.45) is 0.569. The van der Waals surface area contributed by atoms with Gasteiger partial charge in [-0.1, -0.05) is 130 Å². The van der Waals surface area contributed by atoms with Gasteiger partial charge in [0, 0.05) is 41.2 Å². The molecule has 0 bridgehead atoms. The van der Waals surface area contributed by atoms with E-state index >= 15 is 0 Å². The highest BCUT2D eigenvalue weighted by Gasteiger charge is 2.51. The van der Waals surface area contributed by atoms with Gasteiger partial charge in [-0.25, -0.2) is 9.37 Å². The van der Waals surface area contributed by atoms with Gasteiger partial charge < -0.3 is 14.3 Å². The maximum absolute atomic E-state index is 14.4.